The third-order valence-corrected chi connectivity index (χ3v) is 5.08. The van der Waals surface area contributed by atoms with Gasteiger partial charge in [0.2, 0.25) is 5.91 Å². The molecule has 0 radical (unpaired) electrons. The van der Waals surface area contributed by atoms with Gasteiger partial charge < -0.3 is 9.88 Å². The molecule has 0 unspecified atom stereocenters. The topological polar surface area (TPSA) is 88.4 Å². The van der Waals surface area contributed by atoms with Crippen LogP contribution in [0.15, 0.2) is 72.1 Å². The number of amides is 2. The van der Waals surface area contributed by atoms with E-state index in [1.165, 1.54) is 17.9 Å². The number of nitrogens with one attached hydrogen (secondary N) is 2. The van der Waals surface area contributed by atoms with Gasteiger partial charge in [-0.1, -0.05) is 18.2 Å². The molecule has 4 aromatic rings. The second-order valence-corrected chi connectivity index (χ2v) is 7.24. The first-order chi connectivity index (χ1) is 15.1. The maximum absolute atomic E-state index is 12.5. The molecular formula is C24H23N5O2. The normalized spacial score (nSPS) is 11.6. The zero-order valence-electron chi connectivity index (χ0n) is 17.4. The molecule has 7 heteroatoms. The summed E-state index contributed by atoms with van der Waals surface area (Å²) in [7, 11) is 0. The Morgan fingerprint density at radius 1 is 1.00 bits per heavy atom. The van der Waals surface area contributed by atoms with Crippen molar-refractivity contribution in [1.82, 2.24) is 15.0 Å². The van der Waals surface area contributed by atoms with Gasteiger partial charge in [0.1, 0.15) is 0 Å². The average molecular weight is 413 g/mol. The fraction of sp³-hybridized carbons (Fsp3) is 0.167. The number of nitrogens with zero attached hydrogens (tertiary/aromatic N) is 3. The maximum Gasteiger partial charge on any atom is 0.271 e. The van der Waals surface area contributed by atoms with Crippen LogP contribution in [0.2, 0.25) is 0 Å². The van der Waals surface area contributed by atoms with Crippen molar-refractivity contribution in [3.05, 3.63) is 72.6 Å². The van der Waals surface area contributed by atoms with E-state index in [2.05, 4.69) is 44.5 Å². The van der Waals surface area contributed by atoms with Crippen molar-refractivity contribution in [1.29, 1.82) is 0 Å². The van der Waals surface area contributed by atoms with E-state index in [0.717, 1.165) is 28.5 Å². The largest absolute Gasteiger partial charge is 0.341 e. The number of hydrazone groups is 1. The minimum absolute atomic E-state index is 0.0748. The summed E-state index contributed by atoms with van der Waals surface area (Å²) in [6.07, 6.45) is 3.15. The highest BCUT2D eigenvalue weighted by Gasteiger charge is 2.11. The summed E-state index contributed by atoms with van der Waals surface area (Å²) in [5, 5.41) is 9.21. The molecule has 31 heavy (non-hydrogen) atoms. The monoisotopic (exact) mass is 413 g/mol. The average Bonchev–Trinajstić information content (AvgIpc) is 3.11. The van der Waals surface area contributed by atoms with Crippen LogP contribution >= 0.6 is 0 Å². The molecule has 156 valence electrons. The van der Waals surface area contributed by atoms with Gasteiger partial charge in [-0.05, 0) is 50.2 Å². The van der Waals surface area contributed by atoms with Crippen LogP contribution in [0.4, 0.5) is 5.69 Å². The minimum atomic E-state index is -0.347. The number of benzene rings is 2. The molecule has 0 saturated carbocycles. The van der Waals surface area contributed by atoms with Crippen molar-refractivity contribution in [3.8, 4) is 0 Å². The lowest BCUT2D eigenvalue weighted by Gasteiger charge is -2.07. The van der Waals surface area contributed by atoms with Crippen molar-refractivity contribution >= 4 is 45.0 Å². The maximum atomic E-state index is 12.5. The third-order valence-electron chi connectivity index (χ3n) is 5.08. The number of aryl methyl sites for hydroxylation is 1. The van der Waals surface area contributed by atoms with Gasteiger partial charge in [-0.15, -0.1) is 0 Å². The fourth-order valence-corrected chi connectivity index (χ4v) is 3.66. The van der Waals surface area contributed by atoms with E-state index in [1.807, 2.05) is 30.3 Å². The van der Waals surface area contributed by atoms with Crippen molar-refractivity contribution in [2.75, 3.05) is 5.32 Å². The summed E-state index contributed by atoms with van der Waals surface area (Å²) >= 11 is 0. The van der Waals surface area contributed by atoms with E-state index in [4.69, 9.17) is 0 Å². The van der Waals surface area contributed by atoms with Crippen molar-refractivity contribution in [2.45, 2.75) is 26.8 Å². The number of hydrogen-bond acceptors (Lipinski definition) is 4. The lowest BCUT2D eigenvalue weighted by Crippen LogP contribution is -2.21. The van der Waals surface area contributed by atoms with Gasteiger partial charge in [0.15, 0.2) is 0 Å². The van der Waals surface area contributed by atoms with Crippen LogP contribution in [-0.4, -0.2) is 27.1 Å². The number of pyridine rings is 1. The first-order valence-corrected chi connectivity index (χ1v) is 10.1. The number of anilines is 1. The molecule has 0 aliphatic rings. The summed E-state index contributed by atoms with van der Waals surface area (Å²) in [6, 6.07) is 17.4. The molecule has 2 aromatic carbocycles. The molecule has 0 saturated heterocycles. The molecule has 0 spiro atoms. The molecule has 0 bridgehead atoms. The first kappa shape index (κ1) is 20.3. The number of rotatable bonds is 6. The highest BCUT2D eigenvalue weighted by Crippen LogP contribution is 2.30. The fourth-order valence-electron chi connectivity index (χ4n) is 3.66. The molecule has 0 aliphatic carbocycles. The lowest BCUT2D eigenvalue weighted by molar-refractivity contribution is -0.115. The van der Waals surface area contributed by atoms with Crippen LogP contribution in [0.1, 0.15) is 30.6 Å². The highest BCUT2D eigenvalue weighted by atomic mass is 16.2. The predicted octanol–water partition coefficient (Wildman–Crippen LogP) is 4.34. The Balaban J connectivity index is 1.46. The van der Waals surface area contributed by atoms with Gasteiger partial charge in [-0.25, -0.2) is 5.43 Å². The second-order valence-electron chi connectivity index (χ2n) is 7.24. The second kappa shape index (κ2) is 8.79. The molecule has 2 aromatic heterocycles. The number of hydrogen-bond donors (Lipinski definition) is 2. The Kier molecular flexibility index (Phi) is 5.75. The Hall–Kier alpha value is -4.00. The summed E-state index contributed by atoms with van der Waals surface area (Å²) in [6.45, 7) is 4.69. The van der Waals surface area contributed by atoms with Crippen LogP contribution in [0.25, 0.3) is 21.8 Å². The van der Waals surface area contributed by atoms with Gasteiger partial charge >= 0.3 is 0 Å². The number of para-hydroxylation sites is 1. The zero-order chi connectivity index (χ0) is 21.8. The van der Waals surface area contributed by atoms with Crippen molar-refractivity contribution < 1.29 is 9.59 Å². The van der Waals surface area contributed by atoms with E-state index in [-0.39, 0.29) is 18.2 Å². The minimum Gasteiger partial charge on any atom is -0.341 e. The predicted molar refractivity (Wildman–Crippen MR) is 123 cm³/mol. The Morgan fingerprint density at radius 3 is 2.52 bits per heavy atom. The van der Waals surface area contributed by atoms with Crippen molar-refractivity contribution in [3.63, 3.8) is 0 Å². The van der Waals surface area contributed by atoms with E-state index in [0.29, 0.717) is 11.3 Å². The molecule has 2 N–H and O–H groups in total. The Bertz CT molecular complexity index is 1290. The smallest absolute Gasteiger partial charge is 0.271 e. The van der Waals surface area contributed by atoms with E-state index in [9.17, 15) is 9.59 Å². The van der Waals surface area contributed by atoms with E-state index >= 15 is 0 Å². The van der Waals surface area contributed by atoms with Gasteiger partial charge in [0, 0.05) is 57.7 Å². The van der Waals surface area contributed by atoms with Gasteiger partial charge in [0.25, 0.3) is 5.91 Å². The first-order valence-electron chi connectivity index (χ1n) is 10.1. The number of carbonyl (C=O) groups excluding carboxylic acids is 2. The van der Waals surface area contributed by atoms with Crippen LogP contribution < -0.4 is 10.7 Å². The molecular weight excluding hydrogens is 390 g/mol. The van der Waals surface area contributed by atoms with Gasteiger partial charge in [-0.3, -0.25) is 14.6 Å². The quantitative estimate of drug-likeness (QED) is 0.364. The molecule has 2 heterocycles. The summed E-state index contributed by atoms with van der Waals surface area (Å²) < 4.78 is 2.26. The number of carbonyl (C=O) groups is 2. The van der Waals surface area contributed by atoms with E-state index < -0.39 is 0 Å². The molecule has 4 rings (SSSR count). The summed E-state index contributed by atoms with van der Waals surface area (Å²) in [5.74, 6) is -0.544. The van der Waals surface area contributed by atoms with Gasteiger partial charge in [0.05, 0.1) is 6.42 Å². The Labute approximate surface area is 179 Å². The van der Waals surface area contributed by atoms with Crippen LogP contribution in [0.5, 0.6) is 0 Å². The SMILES string of the molecule is CCn1c2ccccc2c2cc(NC(=O)C/C(C)=N\NC(=O)c3ccncc3)ccc21. The summed E-state index contributed by atoms with van der Waals surface area (Å²) in [4.78, 5) is 28.4. The molecule has 2 amide bonds. The van der Waals surface area contributed by atoms with Crippen LogP contribution in [-0.2, 0) is 11.3 Å². The third kappa shape index (κ3) is 4.30. The molecule has 0 aliphatic heterocycles. The zero-order valence-corrected chi connectivity index (χ0v) is 17.4. The number of fused-ring (bicyclic) bond motifs is 3. The molecule has 0 atom stereocenters. The highest BCUT2D eigenvalue weighted by molar-refractivity contribution is 6.11. The van der Waals surface area contributed by atoms with E-state index in [1.54, 1.807) is 19.1 Å². The standard InChI is InChI=1S/C24H23N5O2/c1-3-29-21-7-5-4-6-19(21)20-15-18(8-9-22(20)29)26-23(30)14-16(2)27-28-24(31)17-10-12-25-13-11-17/h4-13,15H,3,14H2,1-2H3,(H,26,30)(H,28,31)/b27-16-. The molecule has 7 nitrogen and oxygen atoms in total. The van der Waals surface area contributed by atoms with Gasteiger partial charge in [-0.2, -0.15) is 5.10 Å². The van der Waals surface area contributed by atoms with Crippen molar-refractivity contribution in [2.24, 2.45) is 5.10 Å². The summed E-state index contributed by atoms with van der Waals surface area (Å²) in [5.41, 5.74) is 6.46. The Morgan fingerprint density at radius 2 is 1.74 bits per heavy atom. The van der Waals surface area contributed by atoms with Crippen LogP contribution in [0.3, 0.4) is 0 Å². The van der Waals surface area contributed by atoms with Crippen LogP contribution in [0, 0.1) is 0 Å². The molecule has 0 fully saturated rings. The number of aromatic nitrogens is 2. The lowest BCUT2D eigenvalue weighted by atomic mass is 10.1.